The minimum Gasteiger partial charge on any atom is -0.451 e. The van der Waals surface area contributed by atoms with E-state index in [2.05, 4.69) is 0 Å². The zero-order valence-electron chi connectivity index (χ0n) is 12.2. The Morgan fingerprint density at radius 3 is 2.27 bits per heavy atom. The van der Waals surface area contributed by atoms with Crippen LogP contribution in [0.25, 0.3) is 0 Å². The van der Waals surface area contributed by atoms with E-state index in [9.17, 15) is 14.4 Å². The van der Waals surface area contributed by atoms with Gasteiger partial charge in [-0.3, -0.25) is 9.59 Å². The van der Waals surface area contributed by atoms with Crippen molar-refractivity contribution in [3.8, 4) is 0 Å². The first-order chi connectivity index (χ1) is 10.5. The van der Waals surface area contributed by atoms with Crippen molar-refractivity contribution in [2.24, 2.45) is 0 Å². The first-order valence-electron chi connectivity index (χ1n) is 6.58. The molecule has 6 heteroatoms. The van der Waals surface area contributed by atoms with Crippen LogP contribution in [-0.2, 0) is 9.53 Å². The summed E-state index contributed by atoms with van der Waals surface area (Å²) in [6.07, 6.45) is 0. The summed E-state index contributed by atoms with van der Waals surface area (Å²) >= 11 is 1.06. The van der Waals surface area contributed by atoms with Crippen LogP contribution in [0.15, 0.2) is 42.5 Å². The number of rotatable bonds is 5. The Balaban J connectivity index is 1.93. The Hall–Kier alpha value is -2.47. The fourth-order valence-corrected chi connectivity index (χ4v) is 2.52. The predicted octanol–water partition coefficient (Wildman–Crippen LogP) is 2.77. The average Bonchev–Trinajstić information content (AvgIpc) is 3.02. The summed E-state index contributed by atoms with van der Waals surface area (Å²) in [6, 6.07) is 12.2. The molecule has 114 valence electrons. The van der Waals surface area contributed by atoms with Gasteiger partial charge in [-0.15, -0.1) is 11.3 Å². The van der Waals surface area contributed by atoms with Crippen LogP contribution in [0.1, 0.15) is 26.3 Å². The molecule has 0 spiro atoms. The van der Waals surface area contributed by atoms with Crippen LogP contribution >= 0.6 is 11.3 Å². The van der Waals surface area contributed by atoms with E-state index in [1.807, 2.05) is 18.2 Å². The van der Waals surface area contributed by atoms with Crippen molar-refractivity contribution in [2.45, 2.75) is 6.92 Å². The van der Waals surface area contributed by atoms with Gasteiger partial charge in [-0.25, -0.2) is 4.79 Å². The summed E-state index contributed by atoms with van der Waals surface area (Å²) in [4.78, 5) is 37.2. The normalized spacial score (nSPS) is 10.1. The largest absolute Gasteiger partial charge is 0.451 e. The number of anilines is 1. The maximum absolute atomic E-state index is 12.0. The molecule has 1 aromatic heterocycles. The Morgan fingerprint density at radius 2 is 1.68 bits per heavy atom. The molecule has 0 atom stereocenters. The number of amides is 1. The van der Waals surface area contributed by atoms with Crippen molar-refractivity contribution in [1.82, 2.24) is 0 Å². The predicted molar refractivity (Wildman–Crippen MR) is 84.5 cm³/mol. The quantitative estimate of drug-likeness (QED) is 0.628. The number of thiophene rings is 1. The van der Waals surface area contributed by atoms with Gasteiger partial charge >= 0.3 is 5.97 Å². The molecule has 2 rings (SSSR count). The van der Waals surface area contributed by atoms with E-state index in [1.165, 1.54) is 17.9 Å². The lowest BCUT2D eigenvalue weighted by Gasteiger charge is -2.16. The number of hydrogen-bond acceptors (Lipinski definition) is 5. The molecule has 0 fully saturated rings. The molecule has 0 aliphatic rings. The van der Waals surface area contributed by atoms with Crippen molar-refractivity contribution in [1.29, 1.82) is 0 Å². The first-order valence-corrected chi connectivity index (χ1v) is 7.40. The third kappa shape index (κ3) is 3.79. The van der Waals surface area contributed by atoms with Gasteiger partial charge in [0.15, 0.2) is 12.4 Å². The smallest absolute Gasteiger partial charge is 0.348 e. The lowest BCUT2D eigenvalue weighted by Crippen LogP contribution is -2.30. The van der Waals surface area contributed by atoms with Gasteiger partial charge in [0.2, 0.25) is 0 Å². The van der Waals surface area contributed by atoms with Crippen molar-refractivity contribution in [2.75, 3.05) is 18.6 Å². The highest BCUT2D eigenvalue weighted by Crippen LogP contribution is 2.18. The maximum atomic E-state index is 12.0. The number of ketones is 1. The minimum absolute atomic E-state index is 0.107. The molecule has 5 nitrogen and oxygen atoms in total. The highest BCUT2D eigenvalue weighted by Gasteiger charge is 2.16. The van der Waals surface area contributed by atoms with Crippen molar-refractivity contribution < 1.29 is 19.1 Å². The molecule has 1 amide bonds. The van der Waals surface area contributed by atoms with Crippen molar-refractivity contribution >= 4 is 34.7 Å². The standard InChI is InChI=1S/C16H15NO4S/c1-11(18)13-8-9-14(22-13)16(20)21-10-15(19)17(2)12-6-4-3-5-7-12/h3-9H,10H2,1-2H3. The number of esters is 1. The summed E-state index contributed by atoms with van der Waals surface area (Å²) in [5.41, 5.74) is 0.721. The topological polar surface area (TPSA) is 63.7 Å². The van der Waals surface area contributed by atoms with Gasteiger partial charge in [0.25, 0.3) is 5.91 Å². The lowest BCUT2D eigenvalue weighted by molar-refractivity contribution is -0.121. The molecule has 0 saturated carbocycles. The van der Waals surface area contributed by atoms with Crippen LogP contribution in [0.3, 0.4) is 0 Å². The number of para-hydroxylation sites is 1. The Kier molecular flexibility index (Phi) is 5.06. The van der Waals surface area contributed by atoms with Gasteiger partial charge in [0.1, 0.15) is 4.88 Å². The number of carbonyl (C=O) groups excluding carboxylic acids is 3. The van der Waals surface area contributed by atoms with E-state index in [4.69, 9.17) is 4.74 Å². The molecule has 22 heavy (non-hydrogen) atoms. The molecular weight excluding hydrogens is 302 g/mol. The van der Waals surface area contributed by atoms with Crippen LogP contribution in [0.2, 0.25) is 0 Å². The second kappa shape index (κ2) is 7.00. The monoisotopic (exact) mass is 317 g/mol. The minimum atomic E-state index is -0.604. The summed E-state index contributed by atoms with van der Waals surface area (Å²) in [5.74, 6) is -1.04. The summed E-state index contributed by atoms with van der Waals surface area (Å²) < 4.78 is 4.99. The molecule has 0 bridgehead atoms. The van der Waals surface area contributed by atoms with Crippen LogP contribution in [0.4, 0.5) is 5.69 Å². The average molecular weight is 317 g/mol. The summed E-state index contributed by atoms with van der Waals surface area (Å²) in [5, 5.41) is 0. The van der Waals surface area contributed by atoms with Crippen LogP contribution < -0.4 is 4.90 Å². The second-order valence-corrected chi connectivity index (χ2v) is 5.67. The van der Waals surface area contributed by atoms with Gasteiger partial charge < -0.3 is 9.64 Å². The molecule has 1 heterocycles. The van der Waals surface area contributed by atoms with E-state index in [-0.39, 0.29) is 18.3 Å². The molecule has 0 radical (unpaired) electrons. The van der Waals surface area contributed by atoms with E-state index < -0.39 is 5.97 Å². The second-order valence-electron chi connectivity index (χ2n) is 4.58. The first kappa shape index (κ1) is 15.9. The number of nitrogens with zero attached hydrogens (tertiary/aromatic N) is 1. The zero-order valence-corrected chi connectivity index (χ0v) is 13.1. The van der Waals surface area contributed by atoms with Gasteiger partial charge in [0.05, 0.1) is 4.88 Å². The fourth-order valence-electron chi connectivity index (χ4n) is 1.73. The third-order valence-corrected chi connectivity index (χ3v) is 4.16. The molecule has 0 N–H and O–H groups in total. The summed E-state index contributed by atoms with van der Waals surface area (Å²) in [6.45, 7) is 1.08. The van der Waals surface area contributed by atoms with Gasteiger partial charge in [0, 0.05) is 12.7 Å². The van der Waals surface area contributed by atoms with Gasteiger partial charge in [-0.2, -0.15) is 0 Å². The molecule has 2 aromatic rings. The zero-order chi connectivity index (χ0) is 16.1. The molecule has 0 unspecified atom stereocenters. The van der Waals surface area contributed by atoms with E-state index >= 15 is 0 Å². The number of benzene rings is 1. The Morgan fingerprint density at radius 1 is 1.05 bits per heavy atom. The lowest BCUT2D eigenvalue weighted by atomic mass is 10.3. The highest BCUT2D eigenvalue weighted by molar-refractivity contribution is 7.15. The molecule has 0 aliphatic carbocycles. The number of Topliss-reactive ketones (excluding diaryl/α,β-unsaturated/α-hetero) is 1. The number of carbonyl (C=O) groups is 3. The molecular formula is C16H15NO4S. The SMILES string of the molecule is CC(=O)c1ccc(C(=O)OCC(=O)N(C)c2ccccc2)s1. The molecule has 0 aliphatic heterocycles. The van der Waals surface area contributed by atoms with E-state index in [0.29, 0.717) is 9.75 Å². The summed E-state index contributed by atoms with van der Waals surface area (Å²) in [7, 11) is 1.62. The van der Waals surface area contributed by atoms with Gasteiger partial charge in [-0.05, 0) is 31.2 Å². The van der Waals surface area contributed by atoms with Crippen LogP contribution in [0, 0.1) is 0 Å². The van der Waals surface area contributed by atoms with Gasteiger partial charge in [-0.1, -0.05) is 18.2 Å². The van der Waals surface area contributed by atoms with Crippen molar-refractivity contribution in [3.05, 3.63) is 52.2 Å². The number of ether oxygens (including phenoxy) is 1. The Labute approximate surface area is 132 Å². The fraction of sp³-hybridized carbons (Fsp3) is 0.188. The van der Waals surface area contributed by atoms with Crippen LogP contribution in [-0.4, -0.2) is 31.3 Å². The molecule has 1 aromatic carbocycles. The third-order valence-electron chi connectivity index (χ3n) is 3.00. The Bertz CT molecular complexity index is 693. The number of hydrogen-bond donors (Lipinski definition) is 0. The van der Waals surface area contributed by atoms with Crippen molar-refractivity contribution in [3.63, 3.8) is 0 Å². The van der Waals surface area contributed by atoms with E-state index in [0.717, 1.165) is 17.0 Å². The molecule has 0 saturated heterocycles. The van der Waals surface area contributed by atoms with E-state index in [1.54, 1.807) is 25.2 Å². The van der Waals surface area contributed by atoms with Crippen LogP contribution in [0.5, 0.6) is 0 Å². The number of likely N-dealkylation sites (N-methyl/N-ethyl adjacent to an activating group) is 1. The maximum Gasteiger partial charge on any atom is 0.348 e. The highest BCUT2D eigenvalue weighted by atomic mass is 32.1.